The number of anilines is 1. The van der Waals surface area contributed by atoms with E-state index in [9.17, 15) is 31.1 Å². The number of benzene rings is 2. The van der Waals surface area contributed by atoms with E-state index in [0.29, 0.717) is 24.2 Å². The van der Waals surface area contributed by atoms with Gasteiger partial charge in [-0.25, -0.2) is 0 Å². The van der Waals surface area contributed by atoms with Gasteiger partial charge in [0.15, 0.2) is 0 Å². The molecule has 202 valence electrons. The lowest BCUT2D eigenvalue weighted by Crippen LogP contribution is -2.35. The smallest absolute Gasteiger partial charge is 0.324 e. The molecule has 1 amide bonds. The Balaban J connectivity index is 1.81. The highest BCUT2D eigenvalue weighted by Gasteiger charge is 2.40. The van der Waals surface area contributed by atoms with Crippen LogP contribution in [0.2, 0.25) is 10.0 Å². The van der Waals surface area contributed by atoms with Gasteiger partial charge in [-0.3, -0.25) is 9.80 Å². The van der Waals surface area contributed by atoms with E-state index >= 15 is 0 Å². The van der Waals surface area contributed by atoms with Gasteiger partial charge in [-0.15, -0.1) is 0 Å². The summed E-state index contributed by atoms with van der Waals surface area (Å²) >= 11 is 13.3. The van der Waals surface area contributed by atoms with Crippen molar-refractivity contribution in [2.75, 3.05) is 30.4 Å². The molecule has 2 aromatic carbocycles. The minimum absolute atomic E-state index is 0.0867. The zero-order chi connectivity index (χ0) is 27.6. The topological polar surface area (TPSA) is 44.7 Å². The van der Waals surface area contributed by atoms with Crippen LogP contribution in [0.5, 0.6) is 0 Å². The summed E-state index contributed by atoms with van der Waals surface area (Å²) in [5.74, 6) is 0.323. The normalized spacial score (nSPS) is 18.2. The first kappa shape index (κ1) is 29.4. The summed E-state index contributed by atoms with van der Waals surface area (Å²) in [6, 6.07) is 6.34. The Morgan fingerprint density at radius 3 is 2.19 bits per heavy atom. The fourth-order valence-corrected chi connectivity index (χ4v) is 5.17. The van der Waals surface area contributed by atoms with Crippen molar-refractivity contribution in [3.63, 3.8) is 0 Å². The van der Waals surface area contributed by atoms with Gasteiger partial charge in [-0.1, -0.05) is 36.2 Å². The number of rotatable bonds is 8. The highest BCUT2D eigenvalue weighted by atomic mass is 35.5. The van der Waals surface area contributed by atoms with Crippen LogP contribution in [0.1, 0.15) is 36.5 Å². The van der Waals surface area contributed by atoms with Crippen molar-refractivity contribution in [2.45, 2.75) is 32.1 Å². The molecule has 1 N–H and O–H groups in total. The number of amides is 1. The van der Waals surface area contributed by atoms with Gasteiger partial charge in [0.25, 0.3) is 0 Å². The van der Waals surface area contributed by atoms with E-state index in [1.165, 1.54) is 17.1 Å². The molecule has 0 saturated heterocycles. The molecule has 13 heteroatoms. The minimum Gasteiger partial charge on any atom is -0.324 e. The molecule has 37 heavy (non-hydrogen) atoms. The fraction of sp³-hybridized carbons (Fsp3) is 0.417. The van der Waals surface area contributed by atoms with Crippen molar-refractivity contribution in [1.29, 1.82) is 0 Å². The molecular weight excluding hydrogens is 563 g/mol. The van der Waals surface area contributed by atoms with Gasteiger partial charge in [-0.2, -0.15) is 43.2 Å². The summed E-state index contributed by atoms with van der Waals surface area (Å²) in [6.45, 7) is 2.01. The van der Waals surface area contributed by atoms with Gasteiger partial charge in [0, 0.05) is 17.6 Å². The lowest BCUT2D eigenvalue weighted by atomic mass is 9.78. The molecule has 0 radical (unpaired) electrons. The van der Waals surface area contributed by atoms with Crippen LogP contribution in [0.3, 0.4) is 0 Å². The second-order valence-electron chi connectivity index (χ2n) is 8.86. The van der Waals surface area contributed by atoms with Gasteiger partial charge in [-0.05, 0) is 60.7 Å². The van der Waals surface area contributed by atoms with Gasteiger partial charge in [0.05, 0.1) is 26.9 Å². The van der Waals surface area contributed by atoms with Crippen LogP contribution in [-0.4, -0.2) is 41.7 Å². The third kappa shape index (κ3) is 7.26. The van der Waals surface area contributed by atoms with Crippen LogP contribution in [0.15, 0.2) is 41.5 Å². The van der Waals surface area contributed by atoms with Crippen molar-refractivity contribution >= 4 is 52.3 Å². The van der Waals surface area contributed by atoms with E-state index in [1.807, 2.05) is 13.2 Å². The maximum absolute atomic E-state index is 13.2. The SMILES string of the molecule is CSCCCC1(C)CN(CC(=O)Nc2ccc(C(F)(F)F)c(Cl)c2)N=C1c1ccc(C(F)(F)F)c(Cl)c1. The maximum atomic E-state index is 13.2. The molecule has 1 aliphatic rings. The molecule has 0 bridgehead atoms. The number of alkyl halides is 6. The van der Waals surface area contributed by atoms with Gasteiger partial charge in [0.1, 0.15) is 6.54 Å². The molecule has 4 nitrogen and oxygen atoms in total. The predicted molar refractivity (Wildman–Crippen MR) is 135 cm³/mol. The van der Waals surface area contributed by atoms with E-state index in [-0.39, 0.29) is 12.2 Å². The zero-order valence-corrected chi connectivity index (χ0v) is 22.1. The summed E-state index contributed by atoms with van der Waals surface area (Å²) in [5.41, 5.74) is -1.53. The van der Waals surface area contributed by atoms with Crippen LogP contribution < -0.4 is 5.32 Å². The summed E-state index contributed by atoms with van der Waals surface area (Å²) in [7, 11) is 0. The first-order chi connectivity index (χ1) is 17.1. The first-order valence-corrected chi connectivity index (χ1v) is 13.2. The summed E-state index contributed by atoms with van der Waals surface area (Å²) < 4.78 is 78.3. The van der Waals surface area contributed by atoms with Gasteiger partial charge >= 0.3 is 12.4 Å². The Bertz CT molecular complexity index is 1190. The molecule has 0 spiro atoms. The lowest BCUT2D eigenvalue weighted by Gasteiger charge is -2.27. The van der Waals surface area contributed by atoms with E-state index in [2.05, 4.69) is 10.4 Å². The van der Waals surface area contributed by atoms with E-state index in [0.717, 1.165) is 36.4 Å². The average Bonchev–Trinajstić information content (AvgIpc) is 3.07. The molecule has 0 aromatic heterocycles. The van der Waals surface area contributed by atoms with E-state index < -0.39 is 44.8 Å². The van der Waals surface area contributed by atoms with E-state index in [1.54, 1.807) is 11.8 Å². The molecular formula is C24H23Cl2F6N3OS. The number of carbonyl (C=O) groups excluding carboxylic acids is 1. The number of hydrazone groups is 1. The number of carbonyl (C=O) groups is 1. The Kier molecular flexibility index (Phi) is 9.01. The Morgan fingerprint density at radius 1 is 1.05 bits per heavy atom. The van der Waals surface area contributed by atoms with Crippen molar-refractivity contribution in [3.05, 3.63) is 63.1 Å². The number of halogens is 8. The Labute approximate surface area is 224 Å². The van der Waals surface area contributed by atoms with Crippen LogP contribution >= 0.6 is 35.0 Å². The molecule has 1 aliphatic heterocycles. The second-order valence-corrected chi connectivity index (χ2v) is 10.7. The third-order valence-corrected chi connectivity index (χ3v) is 7.18. The van der Waals surface area contributed by atoms with E-state index in [4.69, 9.17) is 23.2 Å². The maximum Gasteiger partial charge on any atom is 0.417 e. The summed E-state index contributed by atoms with van der Waals surface area (Å²) in [5, 5.41) is 7.53. The number of nitrogens with one attached hydrogen (secondary N) is 1. The highest BCUT2D eigenvalue weighted by Crippen LogP contribution is 2.40. The number of hydrogen-bond acceptors (Lipinski definition) is 4. The standard InChI is InChI=1S/C24H23Cl2F6N3OS/c1-22(8-3-9-37-2)13-35(34-21(22)14-4-6-16(18(25)10-14)23(27,28)29)12-20(36)33-15-5-7-17(19(26)11-15)24(30,31)32/h4-7,10-11H,3,8-9,12-13H2,1-2H3,(H,33,36). The highest BCUT2D eigenvalue weighted by molar-refractivity contribution is 7.98. The van der Waals surface area contributed by atoms with Gasteiger partial charge < -0.3 is 5.32 Å². The molecule has 2 aromatic rings. The molecule has 0 fully saturated rings. The molecule has 1 heterocycles. The molecule has 0 saturated carbocycles. The van der Waals surface area contributed by atoms with Crippen molar-refractivity contribution in [2.24, 2.45) is 10.5 Å². The van der Waals surface area contributed by atoms with Crippen LogP contribution in [0.25, 0.3) is 0 Å². The quantitative estimate of drug-likeness (QED) is 0.253. The van der Waals surface area contributed by atoms with Crippen LogP contribution in [0.4, 0.5) is 32.0 Å². The summed E-state index contributed by atoms with van der Waals surface area (Å²) in [6.07, 6.45) is -5.78. The largest absolute Gasteiger partial charge is 0.417 e. The second kappa shape index (κ2) is 11.3. The van der Waals surface area contributed by atoms with Gasteiger partial charge in [0.2, 0.25) is 5.91 Å². The number of thioether (sulfide) groups is 1. The van der Waals surface area contributed by atoms with Crippen molar-refractivity contribution < 1.29 is 31.1 Å². The minimum atomic E-state index is -4.62. The van der Waals surface area contributed by atoms with Crippen molar-refractivity contribution in [3.8, 4) is 0 Å². The van der Waals surface area contributed by atoms with Crippen LogP contribution in [-0.2, 0) is 17.1 Å². The predicted octanol–water partition coefficient (Wildman–Crippen LogP) is 7.84. The summed E-state index contributed by atoms with van der Waals surface area (Å²) in [4.78, 5) is 12.6. The van der Waals surface area contributed by atoms with Crippen LogP contribution in [0, 0.1) is 5.41 Å². The fourth-order valence-electron chi connectivity index (χ4n) is 4.16. The average molecular weight is 586 g/mol. The molecule has 1 unspecified atom stereocenters. The molecule has 1 atom stereocenters. The first-order valence-electron chi connectivity index (χ1n) is 11.0. The third-order valence-electron chi connectivity index (χ3n) is 5.85. The van der Waals surface area contributed by atoms with Crippen molar-refractivity contribution in [1.82, 2.24) is 5.01 Å². The molecule has 0 aliphatic carbocycles. The number of nitrogens with zero attached hydrogens (tertiary/aromatic N) is 2. The monoisotopic (exact) mass is 585 g/mol. The lowest BCUT2D eigenvalue weighted by molar-refractivity contribution is -0.138. The Morgan fingerprint density at radius 2 is 1.65 bits per heavy atom. The molecule has 3 rings (SSSR count). The zero-order valence-electron chi connectivity index (χ0n) is 19.7. The Hall–Kier alpha value is -2.11. The number of hydrogen-bond donors (Lipinski definition) is 1.